The van der Waals surface area contributed by atoms with Crippen molar-refractivity contribution in [2.45, 2.75) is 13.5 Å². The van der Waals surface area contributed by atoms with Gasteiger partial charge in [-0.15, -0.1) is 0 Å². The summed E-state index contributed by atoms with van der Waals surface area (Å²) in [6.45, 7) is 6.99. The van der Waals surface area contributed by atoms with E-state index in [1.54, 1.807) is 17.1 Å². The molecule has 0 unspecified atom stereocenters. The number of aryl methyl sites for hydroxylation is 1. The standard InChI is InChI=1S/C19H23N7/c1-15-17(3-4-19(23-15)26-8-2-6-22-26)25-11-9-24(10-12-25)14-16-5-7-21-18(20)13-16/h2-8,13H,9-12,14H2,1H3,(H2,20,21). The fourth-order valence-electron chi connectivity index (χ4n) is 3.40. The van der Waals surface area contributed by atoms with Crippen LogP contribution in [0.2, 0.25) is 0 Å². The van der Waals surface area contributed by atoms with Gasteiger partial charge >= 0.3 is 0 Å². The minimum Gasteiger partial charge on any atom is -0.384 e. The quantitative estimate of drug-likeness (QED) is 0.775. The molecule has 2 N–H and O–H groups in total. The second-order valence-electron chi connectivity index (χ2n) is 6.58. The third-order valence-electron chi connectivity index (χ3n) is 4.75. The van der Waals surface area contributed by atoms with Gasteiger partial charge in [0, 0.05) is 51.3 Å². The van der Waals surface area contributed by atoms with Crippen LogP contribution in [0.1, 0.15) is 11.3 Å². The first-order chi connectivity index (χ1) is 12.7. The monoisotopic (exact) mass is 349 g/mol. The number of nitrogens with zero attached hydrogens (tertiary/aromatic N) is 6. The SMILES string of the molecule is Cc1nc(-n2cccn2)ccc1N1CCN(Cc2ccnc(N)c2)CC1. The van der Waals surface area contributed by atoms with Crippen LogP contribution >= 0.6 is 0 Å². The zero-order valence-corrected chi connectivity index (χ0v) is 14.9. The van der Waals surface area contributed by atoms with Gasteiger partial charge < -0.3 is 10.6 Å². The maximum absolute atomic E-state index is 5.77. The number of anilines is 2. The summed E-state index contributed by atoms with van der Waals surface area (Å²) in [5.41, 5.74) is 9.23. The summed E-state index contributed by atoms with van der Waals surface area (Å²) in [6.07, 6.45) is 5.45. The van der Waals surface area contributed by atoms with Gasteiger partial charge in [-0.2, -0.15) is 5.10 Å². The number of pyridine rings is 2. The minimum atomic E-state index is 0.583. The van der Waals surface area contributed by atoms with Crippen molar-refractivity contribution in [1.82, 2.24) is 24.6 Å². The molecule has 4 heterocycles. The van der Waals surface area contributed by atoms with Gasteiger partial charge in [0.1, 0.15) is 5.82 Å². The molecule has 134 valence electrons. The van der Waals surface area contributed by atoms with E-state index >= 15 is 0 Å². The summed E-state index contributed by atoms with van der Waals surface area (Å²) in [5.74, 6) is 1.44. The molecule has 3 aromatic rings. The van der Waals surface area contributed by atoms with E-state index in [4.69, 9.17) is 10.7 Å². The highest BCUT2D eigenvalue weighted by atomic mass is 15.3. The Balaban J connectivity index is 1.40. The highest BCUT2D eigenvalue weighted by Gasteiger charge is 2.19. The lowest BCUT2D eigenvalue weighted by molar-refractivity contribution is 0.249. The second-order valence-corrected chi connectivity index (χ2v) is 6.58. The molecule has 1 aliphatic rings. The fraction of sp³-hybridized carbons (Fsp3) is 0.316. The maximum Gasteiger partial charge on any atom is 0.153 e. The van der Waals surface area contributed by atoms with Crippen molar-refractivity contribution in [3.63, 3.8) is 0 Å². The number of piperazine rings is 1. The van der Waals surface area contributed by atoms with Crippen molar-refractivity contribution in [3.05, 3.63) is 60.2 Å². The summed E-state index contributed by atoms with van der Waals surface area (Å²) < 4.78 is 1.79. The lowest BCUT2D eigenvalue weighted by atomic mass is 10.2. The molecule has 3 aromatic heterocycles. The van der Waals surface area contributed by atoms with E-state index in [0.29, 0.717) is 5.82 Å². The topological polar surface area (TPSA) is 76.1 Å². The molecular weight excluding hydrogens is 326 g/mol. The maximum atomic E-state index is 5.77. The number of nitrogen functional groups attached to an aromatic ring is 1. The van der Waals surface area contributed by atoms with Crippen LogP contribution in [0.25, 0.3) is 5.82 Å². The third-order valence-corrected chi connectivity index (χ3v) is 4.75. The molecule has 0 spiro atoms. The fourth-order valence-corrected chi connectivity index (χ4v) is 3.40. The summed E-state index contributed by atoms with van der Waals surface area (Å²) in [7, 11) is 0. The van der Waals surface area contributed by atoms with Crippen molar-refractivity contribution < 1.29 is 0 Å². The lowest BCUT2D eigenvalue weighted by Gasteiger charge is -2.36. The highest BCUT2D eigenvalue weighted by Crippen LogP contribution is 2.22. The number of hydrogen-bond donors (Lipinski definition) is 1. The third kappa shape index (κ3) is 3.52. The van der Waals surface area contributed by atoms with Crippen molar-refractivity contribution in [3.8, 4) is 5.82 Å². The first-order valence-electron chi connectivity index (χ1n) is 8.84. The van der Waals surface area contributed by atoms with E-state index in [0.717, 1.165) is 44.2 Å². The molecule has 0 amide bonds. The largest absolute Gasteiger partial charge is 0.384 e. The first kappa shape index (κ1) is 16.5. The molecule has 0 radical (unpaired) electrons. The number of aromatic nitrogens is 4. The molecule has 7 nitrogen and oxygen atoms in total. The summed E-state index contributed by atoms with van der Waals surface area (Å²) in [5, 5.41) is 4.25. The van der Waals surface area contributed by atoms with Gasteiger partial charge in [-0.25, -0.2) is 14.6 Å². The molecule has 1 saturated heterocycles. The van der Waals surface area contributed by atoms with Crippen molar-refractivity contribution >= 4 is 11.5 Å². The molecule has 0 saturated carbocycles. The van der Waals surface area contributed by atoms with E-state index in [-0.39, 0.29) is 0 Å². The van der Waals surface area contributed by atoms with Crippen LogP contribution in [0.5, 0.6) is 0 Å². The van der Waals surface area contributed by atoms with E-state index in [2.05, 4.69) is 32.9 Å². The van der Waals surface area contributed by atoms with Crippen LogP contribution in [0.3, 0.4) is 0 Å². The molecule has 1 fully saturated rings. The van der Waals surface area contributed by atoms with Crippen LogP contribution in [0, 0.1) is 6.92 Å². The molecule has 1 aliphatic heterocycles. The summed E-state index contributed by atoms with van der Waals surface area (Å²) in [4.78, 5) is 13.6. The lowest BCUT2D eigenvalue weighted by Crippen LogP contribution is -2.46. The van der Waals surface area contributed by atoms with Gasteiger partial charge in [0.25, 0.3) is 0 Å². The van der Waals surface area contributed by atoms with Crippen molar-refractivity contribution in [2.24, 2.45) is 0 Å². The van der Waals surface area contributed by atoms with E-state index in [9.17, 15) is 0 Å². The van der Waals surface area contributed by atoms with Crippen molar-refractivity contribution in [2.75, 3.05) is 36.8 Å². The molecule has 0 atom stereocenters. The Hall–Kier alpha value is -2.93. The van der Waals surface area contributed by atoms with Gasteiger partial charge in [-0.1, -0.05) is 0 Å². The van der Waals surface area contributed by atoms with Gasteiger partial charge in [0.05, 0.1) is 11.4 Å². The Morgan fingerprint density at radius 2 is 1.92 bits per heavy atom. The predicted molar refractivity (Wildman–Crippen MR) is 102 cm³/mol. The van der Waals surface area contributed by atoms with Gasteiger partial charge in [-0.05, 0) is 42.8 Å². The van der Waals surface area contributed by atoms with E-state index < -0.39 is 0 Å². The average Bonchev–Trinajstić information content (AvgIpc) is 3.17. The zero-order chi connectivity index (χ0) is 17.9. The Labute approximate surface area is 153 Å². The van der Waals surface area contributed by atoms with Crippen LogP contribution in [0.4, 0.5) is 11.5 Å². The molecule has 26 heavy (non-hydrogen) atoms. The highest BCUT2D eigenvalue weighted by molar-refractivity contribution is 5.52. The molecule has 0 aliphatic carbocycles. The van der Waals surface area contributed by atoms with Crippen molar-refractivity contribution in [1.29, 1.82) is 0 Å². The number of hydrogen-bond acceptors (Lipinski definition) is 6. The first-order valence-corrected chi connectivity index (χ1v) is 8.84. The minimum absolute atomic E-state index is 0.583. The molecule has 0 aromatic carbocycles. The zero-order valence-electron chi connectivity index (χ0n) is 14.9. The van der Waals surface area contributed by atoms with Gasteiger partial charge in [0.2, 0.25) is 0 Å². The Bertz CT molecular complexity index is 867. The van der Waals surface area contributed by atoms with Crippen LogP contribution < -0.4 is 10.6 Å². The average molecular weight is 349 g/mol. The molecule has 7 heteroatoms. The smallest absolute Gasteiger partial charge is 0.153 e. The van der Waals surface area contributed by atoms with E-state index in [1.807, 2.05) is 30.5 Å². The molecule has 0 bridgehead atoms. The predicted octanol–water partition coefficient (Wildman–Crippen LogP) is 1.88. The molecular formula is C19H23N7. The normalized spacial score (nSPS) is 15.3. The summed E-state index contributed by atoms with van der Waals surface area (Å²) >= 11 is 0. The Morgan fingerprint density at radius 1 is 1.08 bits per heavy atom. The Morgan fingerprint density at radius 3 is 2.62 bits per heavy atom. The number of nitrogens with two attached hydrogens (primary N) is 1. The molecule has 4 rings (SSSR count). The van der Waals surface area contributed by atoms with Crippen LogP contribution in [-0.4, -0.2) is 50.8 Å². The van der Waals surface area contributed by atoms with Gasteiger partial charge in [-0.3, -0.25) is 4.90 Å². The van der Waals surface area contributed by atoms with Crippen LogP contribution in [-0.2, 0) is 6.54 Å². The number of rotatable bonds is 4. The second kappa shape index (κ2) is 7.13. The summed E-state index contributed by atoms with van der Waals surface area (Å²) in [6, 6.07) is 10.1. The van der Waals surface area contributed by atoms with E-state index in [1.165, 1.54) is 11.3 Å². The Kier molecular flexibility index (Phi) is 4.53. The van der Waals surface area contributed by atoms with Crippen LogP contribution in [0.15, 0.2) is 48.9 Å². The van der Waals surface area contributed by atoms with Gasteiger partial charge in [0.15, 0.2) is 5.82 Å².